The summed E-state index contributed by atoms with van der Waals surface area (Å²) in [4.78, 5) is 43.3. The minimum absolute atomic E-state index is 0.165. The summed E-state index contributed by atoms with van der Waals surface area (Å²) in [5, 5.41) is 7.57. The van der Waals surface area contributed by atoms with E-state index in [0.29, 0.717) is 25.9 Å². The summed E-state index contributed by atoms with van der Waals surface area (Å²) in [6.07, 6.45) is 7.54. The van der Waals surface area contributed by atoms with Crippen LogP contribution in [0.3, 0.4) is 0 Å². The number of thiophene rings is 1. The van der Waals surface area contributed by atoms with Crippen LogP contribution < -0.4 is 16.3 Å². The normalized spacial score (nSPS) is 20.6. The molecular weight excluding hydrogens is 674 g/mol. The smallest absolute Gasteiger partial charge is 0.273 e. The van der Waals surface area contributed by atoms with E-state index in [9.17, 15) is 14.4 Å². The van der Waals surface area contributed by atoms with Crippen LogP contribution in [-0.4, -0.2) is 28.9 Å². The van der Waals surface area contributed by atoms with Gasteiger partial charge in [0.25, 0.3) is 11.8 Å². The lowest BCUT2D eigenvalue weighted by molar-refractivity contribution is -0.127. The van der Waals surface area contributed by atoms with Crippen LogP contribution in [-0.2, 0) is 4.79 Å². The van der Waals surface area contributed by atoms with E-state index >= 15 is 0 Å². The van der Waals surface area contributed by atoms with Gasteiger partial charge in [0.2, 0.25) is 5.91 Å². The summed E-state index contributed by atoms with van der Waals surface area (Å²) in [5.41, 5.74) is 10.4. The van der Waals surface area contributed by atoms with Crippen molar-refractivity contribution in [3.05, 3.63) is 110 Å². The first-order valence-electron chi connectivity index (χ1n) is 14.6. The molecule has 7 rings (SSSR count). The van der Waals surface area contributed by atoms with Crippen LogP contribution in [0.2, 0.25) is 5.02 Å². The van der Waals surface area contributed by atoms with E-state index in [1.807, 2.05) is 42.5 Å². The third-order valence-electron chi connectivity index (χ3n) is 8.98. The highest BCUT2D eigenvalue weighted by Gasteiger charge is 2.51. The van der Waals surface area contributed by atoms with Crippen molar-refractivity contribution in [1.82, 2.24) is 21.3 Å². The maximum Gasteiger partial charge on any atom is 0.281 e. The van der Waals surface area contributed by atoms with Gasteiger partial charge >= 0.3 is 0 Å². The maximum absolute atomic E-state index is 13.4. The van der Waals surface area contributed by atoms with Gasteiger partial charge in [0.15, 0.2) is 0 Å². The molecule has 8 nitrogen and oxygen atoms in total. The van der Waals surface area contributed by atoms with Crippen molar-refractivity contribution in [2.24, 2.45) is 22.9 Å². The molecule has 2 bridgehead atoms. The lowest BCUT2D eigenvalue weighted by Crippen LogP contribution is -2.45. The van der Waals surface area contributed by atoms with Gasteiger partial charge in [0.1, 0.15) is 4.88 Å². The van der Waals surface area contributed by atoms with E-state index in [0.717, 1.165) is 45.7 Å². The number of nitrogens with one attached hydrogen (secondary N) is 3. The SMILES string of the molecule is O=C(N/N=C\c1cccc2c(C3C4CCC3C(C(=O)NNC(=O)c3sc5ccccc5c3Cl)C4)cccc12)c1cncc(Br)c1. The molecule has 2 heterocycles. The van der Waals surface area contributed by atoms with Crippen molar-refractivity contribution in [2.45, 2.75) is 25.2 Å². The molecule has 2 fully saturated rings. The van der Waals surface area contributed by atoms with Gasteiger partial charge < -0.3 is 0 Å². The Morgan fingerprint density at radius 2 is 1.73 bits per heavy atom. The molecule has 11 heteroatoms. The number of hydrogen-bond donors (Lipinski definition) is 3. The highest BCUT2D eigenvalue weighted by atomic mass is 79.9. The fourth-order valence-corrected chi connectivity index (χ4v) is 8.85. The number of hydrazine groups is 1. The number of rotatable bonds is 6. The number of amides is 3. The molecule has 2 saturated carbocycles. The number of hydrogen-bond acceptors (Lipinski definition) is 6. The Kier molecular flexibility index (Phi) is 8.12. The maximum atomic E-state index is 13.4. The van der Waals surface area contributed by atoms with Crippen LogP contribution in [0.25, 0.3) is 20.9 Å². The van der Waals surface area contributed by atoms with Gasteiger partial charge in [0.05, 0.1) is 16.8 Å². The Hall–Kier alpha value is -4.12. The van der Waals surface area contributed by atoms with Crippen LogP contribution >= 0.6 is 38.9 Å². The molecule has 45 heavy (non-hydrogen) atoms. The predicted octanol–water partition coefficient (Wildman–Crippen LogP) is 7.22. The summed E-state index contributed by atoms with van der Waals surface area (Å²) in [6, 6.07) is 21.6. The molecule has 5 aromatic rings. The van der Waals surface area contributed by atoms with Gasteiger partial charge in [-0.1, -0.05) is 66.2 Å². The minimum Gasteiger partial charge on any atom is -0.273 e. The van der Waals surface area contributed by atoms with Crippen molar-refractivity contribution in [3.63, 3.8) is 0 Å². The van der Waals surface area contributed by atoms with Crippen LogP contribution in [0.1, 0.15) is 56.3 Å². The number of fused-ring (bicyclic) bond motifs is 4. The first-order valence-corrected chi connectivity index (χ1v) is 16.6. The number of hydrazone groups is 1. The van der Waals surface area contributed by atoms with E-state index < -0.39 is 5.91 Å². The Bertz CT molecular complexity index is 2010. The fraction of sp³-hybridized carbons (Fsp3) is 0.206. The predicted molar refractivity (Wildman–Crippen MR) is 180 cm³/mol. The van der Waals surface area contributed by atoms with Crippen molar-refractivity contribution in [2.75, 3.05) is 0 Å². The lowest BCUT2D eigenvalue weighted by Gasteiger charge is -2.22. The number of nitrogens with zero attached hydrogens (tertiary/aromatic N) is 2. The van der Waals surface area contributed by atoms with Crippen molar-refractivity contribution in [1.29, 1.82) is 0 Å². The Morgan fingerprint density at radius 1 is 0.933 bits per heavy atom. The molecule has 4 atom stereocenters. The highest BCUT2D eigenvalue weighted by Crippen LogP contribution is 2.58. The lowest BCUT2D eigenvalue weighted by atomic mass is 9.83. The number of carbonyl (C=O) groups is 3. The molecule has 2 aromatic heterocycles. The highest BCUT2D eigenvalue weighted by molar-refractivity contribution is 9.10. The van der Waals surface area contributed by atoms with Gasteiger partial charge in [-0.05, 0) is 81.4 Å². The molecule has 0 radical (unpaired) electrons. The number of benzene rings is 3. The molecule has 0 spiro atoms. The second kappa shape index (κ2) is 12.3. The topological polar surface area (TPSA) is 113 Å². The second-order valence-electron chi connectivity index (χ2n) is 11.4. The zero-order valence-corrected chi connectivity index (χ0v) is 27.0. The van der Waals surface area contributed by atoms with Crippen molar-refractivity contribution < 1.29 is 14.4 Å². The van der Waals surface area contributed by atoms with Crippen molar-refractivity contribution >= 4 is 83.7 Å². The zero-order valence-electron chi connectivity index (χ0n) is 23.8. The third kappa shape index (κ3) is 5.62. The molecule has 0 saturated heterocycles. The van der Waals surface area contributed by atoms with Crippen LogP contribution in [0, 0.1) is 17.8 Å². The minimum atomic E-state index is -0.415. The summed E-state index contributed by atoms with van der Waals surface area (Å²) < 4.78 is 1.63. The summed E-state index contributed by atoms with van der Waals surface area (Å²) in [7, 11) is 0. The van der Waals surface area contributed by atoms with E-state index in [2.05, 4.69) is 60.5 Å². The number of carbonyl (C=O) groups excluding carboxylic acids is 3. The first-order chi connectivity index (χ1) is 21.9. The summed E-state index contributed by atoms with van der Waals surface area (Å²) in [5.74, 6) is -0.358. The average Bonchev–Trinajstić information content (AvgIpc) is 3.74. The van der Waals surface area contributed by atoms with E-state index in [4.69, 9.17) is 11.6 Å². The molecule has 3 aromatic carbocycles. The molecule has 3 N–H and O–H groups in total. The van der Waals surface area contributed by atoms with Crippen LogP contribution in [0.4, 0.5) is 0 Å². The standard InChI is InChI=1S/C34H27BrClN5O3S/c35-21-13-20(15-37-17-21)32(42)39-38-16-19-5-3-8-23-22(19)7-4-9-24(23)29-18-11-12-25(29)27(14-18)33(43)40-41-34(44)31-30(36)26-6-1-2-10-28(26)45-31/h1-10,13,15-18,25,27,29H,11-12,14H2,(H,39,42)(H,40,43)(H,41,44)/b38-16-. The van der Waals surface area contributed by atoms with Crippen LogP contribution in [0.5, 0.6) is 0 Å². The molecule has 3 amide bonds. The number of halogens is 2. The Balaban J connectivity index is 1.06. The Labute approximate surface area is 276 Å². The van der Waals surface area contributed by atoms with Gasteiger partial charge in [-0.15, -0.1) is 11.3 Å². The number of aromatic nitrogens is 1. The van der Waals surface area contributed by atoms with E-state index in [1.165, 1.54) is 23.1 Å². The Morgan fingerprint density at radius 3 is 2.58 bits per heavy atom. The zero-order chi connectivity index (χ0) is 31.1. The summed E-state index contributed by atoms with van der Waals surface area (Å²) >= 11 is 11.1. The van der Waals surface area contributed by atoms with Gasteiger partial charge in [-0.3, -0.25) is 30.2 Å². The molecule has 2 aliphatic rings. The molecular formula is C34H27BrClN5O3S. The van der Waals surface area contributed by atoms with E-state index in [1.54, 1.807) is 18.5 Å². The molecule has 2 aliphatic carbocycles. The fourth-order valence-electron chi connectivity index (χ4n) is 7.07. The first kappa shape index (κ1) is 29.6. The molecule has 4 unspecified atom stereocenters. The number of pyridine rings is 1. The monoisotopic (exact) mass is 699 g/mol. The van der Waals surface area contributed by atoms with E-state index in [-0.39, 0.29) is 29.6 Å². The quantitative estimate of drug-likeness (QED) is 0.128. The van der Waals surface area contributed by atoms with Gasteiger partial charge in [0, 0.05) is 38.4 Å². The van der Waals surface area contributed by atoms with Gasteiger partial charge in [-0.25, -0.2) is 5.43 Å². The molecule has 226 valence electrons. The van der Waals surface area contributed by atoms with Crippen molar-refractivity contribution in [3.8, 4) is 0 Å². The van der Waals surface area contributed by atoms with Crippen LogP contribution in [0.15, 0.2) is 88.7 Å². The second-order valence-corrected chi connectivity index (χ2v) is 13.8. The third-order valence-corrected chi connectivity index (χ3v) is 11.1. The largest absolute Gasteiger partial charge is 0.281 e. The molecule has 0 aliphatic heterocycles. The van der Waals surface area contributed by atoms with Gasteiger partial charge in [-0.2, -0.15) is 5.10 Å². The summed E-state index contributed by atoms with van der Waals surface area (Å²) in [6.45, 7) is 0. The average molecular weight is 701 g/mol.